The number of alkyl halides is 3. The molecule has 1 fully saturated rings. The molecule has 0 bridgehead atoms. The average molecular weight is 540 g/mol. The van der Waals surface area contributed by atoms with Crippen molar-refractivity contribution in [2.75, 3.05) is 30.8 Å². The van der Waals surface area contributed by atoms with Crippen LogP contribution in [-0.2, 0) is 22.3 Å². The van der Waals surface area contributed by atoms with Gasteiger partial charge in [0.05, 0.1) is 17.3 Å². The Kier molecular flexibility index (Phi) is 7.13. The number of nitrogens with one attached hydrogen (secondary N) is 3. The molecule has 0 unspecified atom stereocenters. The average Bonchev–Trinajstić information content (AvgIpc) is 3.51. The number of carbonyl (C=O) groups is 2. The number of aryl methyl sites for hydroxylation is 1. The Labute approximate surface area is 222 Å². The van der Waals surface area contributed by atoms with Gasteiger partial charge in [-0.25, -0.2) is 0 Å². The molecule has 2 amide bonds. The fraction of sp³-hybridized carbons (Fsp3) is 0.333. The maximum absolute atomic E-state index is 13.2. The number of fused-ring (bicyclic) bond motifs is 1. The van der Waals surface area contributed by atoms with E-state index >= 15 is 0 Å². The van der Waals surface area contributed by atoms with E-state index in [1.54, 1.807) is 12.4 Å². The molecular formula is C27H28F3N7O2. The van der Waals surface area contributed by atoms with Crippen molar-refractivity contribution in [1.29, 1.82) is 0 Å². The normalized spacial score (nSPS) is 15.0. The SMILES string of the molecule is Cc1ccc(NC(=O)Cn2cc(-c3ccc4c(NC(=O)C5CCN(C)CC5)n[nH]c4c3)cn2)cc1C(F)(F)F. The molecule has 1 aliphatic rings. The van der Waals surface area contributed by atoms with Crippen molar-refractivity contribution < 1.29 is 22.8 Å². The van der Waals surface area contributed by atoms with Crippen LogP contribution in [0, 0.1) is 12.8 Å². The van der Waals surface area contributed by atoms with E-state index in [2.05, 4.69) is 30.8 Å². The van der Waals surface area contributed by atoms with Crippen LogP contribution in [-0.4, -0.2) is 56.8 Å². The van der Waals surface area contributed by atoms with E-state index in [-0.39, 0.29) is 29.6 Å². The zero-order chi connectivity index (χ0) is 27.7. The highest BCUT2D eigenvalue weighted by Gasteiger charge is 2.32. The molecule has 0 spiro atoms. The van der Waals surface area contributed by atoms with E-state index in [0.29, 0.717) is 5.82 Å². The summed E-state index contributed by atoms with van der Waals surface area (Å²) in [6.07, 6.45) is 0.404. The van der Waals surface area contributed by atoms with Crippen LogP contribution < -0.4 is 10.6 Å². The van der Waals surface area contributed by atoms with Gasteiger partial charge in [-0.05, 0) is 75.3 Å². The molecule has 39 heavy (non-hydrogen) atoms. The molecule has 9 nitrogen and oxygen atoms in total. The van der Waals surface area contributed by atoms with Crippen LogP contribution in [0.3, 0.4) is 0 Å². The van der Waals surface area contributed by atoms with Crippen molar-refractivity contribution in [1.82, 2.24) is 24.9 Å². The smallest absolute Gasteiger partial charge is 0.324 e. The fourth-order valence-corrected chi connectivity index (χ4v) is 4.74. The molecule has 2 aromatic heterocycles. The number of hydrogen-bond donors (Lipinski definition) is 3. The monoisotopic (exact) mass is 539 g/mol. The van der Waals surface area contributed by atoms with E-state index in [0.717, 1.165) is 54.0 Å². The molecule has 1 saturated heterocycles. The number of anilines is 2. The summed E-state index contributed by atoms with van der Waals surface area (Å²) in [5, 5.41) is 17.7. The Bertz CT molecular complexity index is 1520. The second kappa shape index (κ2) is 10.5. The highest BCUT2D eigenvalue weighted by molar-refractivity contribution is 6.01. The van der Waals surface area contributed by atoms with Gasteiger partial charge >= 0.3 is 6.18 Å². The molecule has 4 aromatic rings. The van der Waals surface area contributed by atoms with Gasteiger partial charge in [0.2, 0.25) is 11.8 Å². The van der Waals surface area contributed by atoms with Gasteiger partial charge < -0.3 is 15.5 Å². The zero-order valence-electron chi connectivity index (χ0n) is 21.5. The first-order chi connectivity index (χ1) is 18.6. The van der Waals surface area contributed by atoms with Crippen LogP contribution >= 0.6 is 0 Å². The van der Waals surface area contributed by atoms with Gasteiger partial charge in [0, 0.05) is 28.8 Å². The summed E-state index contributed by atoms with van der Waals surface area (Å²) < 4.78 is 40.9. The number of aromatic nitrogens is 4. The van der Waals surface area contributed by atoms with E-state index in [1.807, 2.05) is 25.2 Å². The van der Waals surface area contributed by atoms with Gasteiger partial charge in [-0.15, -0.1) is 0 Å². The topological polar surface area (TPSA) is 108 Å². The van der Waals surface area contributed by atoms with Crippen LogP contribution in [0.4, 0.5) is 24.7 Å². The number of likely N-dealkylation sites (tertiary alicyclic amines) is 1. The molecule has 0 aliphatic carbocycles. The number of rotatable bonds is 6. The second-order valence-corrected chi connectivity index (χ2v) is 9.90. The quantitative estimate of drug-likeness (QED) is 0.330. The predicted octanol–water partition coefficient (Wildman–Crippen LogP) is 4.67. The van der Waals surface area contributed by atoms with Crippen molar-refractivity contribution >= 4 is 34.2 Å². The zero-order valence-corrected chi connectivity index (χ0v) is 21.5. The fourth-order valence-electron chi connectivity index (χ4n) is 4.74. The van der Waals surface area contributed by atoms with Gasteiger partial charge in [-0.3, -0.25) is 19.4 Å². The van der Waals surface area contributed by atoms with Crippen molar-refractivity contribution in [2.45, 2.75) is 32.5 Å². The highest BCUT2D eigenvalue weighted by Crippen LogP contribution is 2.33. The van der Waals surface area contributed by atoms with Crippen LogP contribution in [0.15, 0.2) is 48.8 Å². The van der Waals surface area contributed by atoms with Gasteiger partial charge in [-0.1, -0.05) is 12.1 Å². The van der Waals surface area contributed by atoms with E-state index in [9.17, 15) is 22.8 Å². The lowest BCUT2D eigenvalue weighted by atomic mass is 9.96. The number of carbonyl (C=O) groups excluding carboxylic acids is 2. The van der Waals surface area contributed by atoms with Gasteiger partial charge in [0.1, 0.15) is 6.54 Å². The maximum Gasteiger partial charge on any atom is 0.416 e. The third kappa shape index (κ3) is 5.95. The molecule has 3 heterocycles. The maximum atomic E-state index is 13.2. The lowest BCUT2D eigenvalue weighted by molar-refractivity contribution is -0.138. The van der Waals surface area contributed by atoms with Gasteiger partial charge in [-0.2, -0.15) is 23.4 Å². The first-order valence-corrected chi connectivity index (χ1v) is 12.5. The molecule has 0 atom stereocenters. The Balaban J connectivity index is 1.24. The van der Waals surface area contributed by atoms with Gasteiger partial charge in [0.25, 0.3) is 0 Å². The molecule has 1 aliphatic heterocycles. The molecule has 0 radical (unpaired) electrons. The van der Waals surface area contributed by atoms with E-state index in [1.165, 1.54) is 23.7 Å². The summed E-state index contributed by atoms with van der Waals surface area (Å²) in [4.78, 5) is 27.4. The Morgan fingerprint density at radius 2 is 1.85 bits per heavy atom. The largest absolute Gasteiger partial charge is 0.416 e. The first-order valence-electron chi connectivity index (χ1n) is 12.5. The second-order valence-electron chi connectivity index (χ2n) is 9.90. The van der Waals surface area contributed by atoms with Crippen molar-refractivity contribution in [3.8, 4) is 11.1 Å². The number of amides is 2. The Morgan fingerprint density at radius 3 is 2.59 bits per heavy atom. The van der Waals surface area contributed by atoms with Crippen molar-refractivity contribution in [3.05, 3.63) is 59.9 Å². The lowest BCUT2D eigenvalue weighted by Gasteiger charge is -2.27. The summed E-state index contributed by atoms with van der Waals surface area (Å²) in [6, 6.07) is 9.28. The summed E-state index contributed by atoms with van der Waals surface area (Å²) >= 11 is 0. The van der Waals surface area contributed by atoms with Gasteiger partial charge in [0.15, 0.2) is 5.82 Å². The predicted molar refractivity (Wildman–Crippen MR) is 141 cm³/mol. The molecule has 5 rings (SSSR count). The number of halogens is 3. The van der Waals surface area contributed by atoms with Crippen molar-refractivity contribution in [2.24, 2.45) is 5.92 Å². The number of piperidine rings is 1. The minimum absolute atomic E-state index is 0.0274. The lowest BCUT2D eigenvalue weighted by Crippen LogP contribution is -2.36. The molecule has 204 valence electrons. The Morgan fingerprint density at radius 1 is 1.08 bits per heavy atom. The van der Waals surface area contributed by atoms with Crippen molar-refractivity contribution in [3.63, 3.8) is 0 Å². The number of H-pyrrole nitrogens is 1. The Hall–Kier alpha value is -4.19. The summed E-state index contributed by atoms with van der Waals surface area (Å²) in [5.41, 5.74) is 1.65. The third-order valence-corrected chi connectivity index (χ3v) is 6.99. The van der Waals surface area contributed by atoms with Crippen LogP contribution in [0.1, 0.15) is 24.0 Å². The number of nitrogens with zero attached hydrogens (tertiary/aromatic N) is 4. The standard InChI is InChI=1S/C27H28F3N7O2/c1-16-3-5-20(12-22(16)27(28,29)30)32-24(38)15-37-14-19(13-31-37)18-4-6-21-23(11-18)34-35-25(21)33-26(39)17-7-9-36(2)10-8-17/h3-6,11-14,17H,7-10,15H2,1-2H3,(H,32,38)(H2,33,34,35,39). The van der Waals surface area contributed by atoms with E-state index in [4.69, 9.17) is 0 Å². The highest BCUT2D eigenvalue weighted by atomic mass is 19.4. The summed E-state index contributed by atoms with van der Waals surface area (Å²) in [5.74, 6) is -0.0818. The van der Waals surface area contributed by atoms with Crippen LogP contribution in [0.2, 0.25) is 0 Å². The first kappa shape index (κ1) is 26.4. The minimum Gasteiger partial charge on any atom is -0.324 e. The summed E-state index contributed by atoms with van der Waals surface area (Å²) in [6.45, 7) is 2.98. The van der Waals surface area contributed by atoms with E-state index < -0.39 is 17.6 Å². The number of benzene rings is 2. The van der Waals surface area contributed by atoms with Crippen LogP contribution in [0.25, 0.3) is 22.0 Å². The molecule has 2 aromatic carbocycles. The number of aromatic amines is 1. The third-order valence-electron chi connectivity index (χ3n) is 6.99. The molecule has 12 heteroatoms. The molecular weight excluding hydrogens is 511 g/mol. The molecule has 3 N–H and O–H groups in total. The number of hydrogen-bond acceptors (Lipinski definition) is 5. The minimum atomic E-state index is -4.50. The van der Waals surface area contributed by atoms with Crippen LogP contribution in [0.5, 0.6) is 0 Å². The molecule has 0 saturated carbocycles. The summed E-state index contributed by atoms with van der Waals surface area (Å²) in [7, 11) is 2.05.